The van der Waals surface area contributed by atoms with E-state index in [1.807, 2.05) is 42.5 Å². The number of ether oxygens (including phenoxy) is 1. The zero-order valence-corrected chi connectivity index (χ0v) is 9.84. The van der Waals surface area contributed by atoms with Crippen molar-refractivity contribution in [1.82, 2.24) is 4.98 Å². The molecule has 2 rings (SSSR count). The van der Waals surface area contributed by atoms with Gasteiger partial charge in [-0.25, -0.2) is 0 Å². The van der Waals surface area contributed by atoms with Crippen LogP contribution in [0.25, 0.3) is 0 Å². The van der Waals surface area contributed by atoms with Gasteiger partial charge < -0.3 is 10.5 Å². The van der Waals surface area contributed by atoms with Crippen LogP contribution in [0.2, 0.25) is 0 Å². The van der Waals surface area contributed by atoms with Crippen LogP contribution in [0.5, 0.6) is 5.75 Å². The molecule has 0 aliphatic heterocycles. The fourth-order valence-electron chi connectivity index (χ4n) is 1.85. The van der Waals surface area contributed by atoms with Crippen molar-refractivity contribution in [2.45, 2.75) is 5.92 Å². The molecule has 0 spiro atoms. The minimum Gasteiger partial charge on any atom is -0.497 e. The number of hydrogen-bond acceptors (Lipinski definition) is 3. The summed E-state index contributed by atoms with van der Waals surface area (Å²) < 4.78 is 5.14. The number of methoxy groups -OCH3 is 1. The number of hydrogen-bond donors (Lipinski definition) is 1. The molecule has 2 aromatic rings. The molecule has 0 fully saturated rings. The Balaban J connectivity index is 2.29. The summed E-state index contributed by atoms with van der Waals surface area (Å²) in [5.41, 5.74) is 8.00. The summed E-state index contributed by atoms with van der Waals surface area (Å²) in [4.78, 5) is 4.36. The van der Waals surface area contributed by atoms with E-state index in [4.69, 9.17) is 10.5 Å². The number of benzene rings is 1. The van der Waals surface area contributed by atoms with Crippen molar-refractivity contribution in [2.24, 2.45) is 5.73 Å². The molecule has 1 aromatic carbocycles. The largest absolute Gasteiger partial charge is 0.497 e. The van der Waals surface area contributed by atoms with Gasteiger partial charge in [-0.2, -0.15) is 0 Å². The molecule has 0 amide bonds. The molecule has 0 radical (unpaired) electrons. The lowest BCUT2D eigenvalue weighted by atomic mass is 9.95. The second-order valence-corrected chi connectivity index (χ2v) is 3.82. The van der Waals surface area contributed by atoms with Gasteiger partial charge in [0.25, 0.3) is 0 Å². The Labute approximate surface area is 101 Å². The molecule has 2 N–H and O–H groups in total. The van der Waals surface area contributed by atoms with E-state index in [1.54, 1.807) is 13.3 Å². The Hall–Kier alpha value is -1.87. The van der Waals surface area contributed by atoms with Gasteiger partial charge in [0.05, 0.1) is 7.11 Å². The zero-order valence-electron chi connectivity index (χ0n) is 9.84. The van der Waals surface area contributed by atoms with Crippen molar-refractivity contribution in [3.8, 4) is 5.75 Å². The first-order valence-corrected chi connectivity index (χ1v) is 5.60. The fraction of sp³-hybridized carbons (Fsp3) is 0.214. The third-order valence-electron chi connectivity index (χ3n) is 2.80. The number of aromatic nitrogens is 1. The van der Waals surface area contributed by atoms with Crippen LogP contribution in [0, 0.1) is 0 Å². The van der Waals surface area contributed by atoms with Gasteiger partial charge in [-0.1, -0.05) is 18.2 Å². The summed E-state index contributed by atoms with van der Waals surface area (Å²) >= 11 is 0. The average Bonchev–Trinajstić information content (AvgIpc) is 2.42. The molecule has 0 saturated heterocycles. The van der Waals surface area contributed by atoms with Crippen molar-refractivity contribution >= 4 is 0 Å². The van der Waals surface area contributed by atoms with Gasteiger partial charge in [-0.05, 0) is 29.8 Å². The molecule has 1 aromatic heterocycles. The molecule has 3 nitrogen and oxygen atoms in total. The molecule has 0 saturated carbocycles. The van der Waals surface area contributed by atoms with E-state index in [9.17, 15) is 0 Å². The second-order valence-electron chi connectivity index (χ2n) is 3.82. The lowest BCUT2D eigenvalue weighted by Gasteiger charge is -2.14. The van der Waals surface area contributed by atoms with Crippen LogP contribution in [0.1, 0.15) is 17.2 Å². The minimum atomic E-state index is 0.141. The number of nitrogens with two attached hydrogens (primary N) is 1. The highest BCUT2D eigenvalue weighted by atomic mass is 16.5. The Bertz CT molecular complexity index is 453. The van der Waals surface area contributed by atoms with Crippen LogP contribution in [-0.2, 0) is 0 Å². The SMILES string of the molecule is COc1ccc(C(CN)c2ccccn2)cc1. The van der Waals surface area contributed by atoms with E-state index in [-0.39, 0.29) is 5.92 Å². The smallest absolute Gasteiger partial charge is 0.118 e. The topological polar surface area (TPSA) is 48.1 Å². The first-order valence-electron chi connectivity index (χ1n) is 5.60. The zero-order chi connectivity index (χ0) is 12.1. The van der Waals surface area contributed by atoms with Crippen LogP contribution in [-0.4, -0.2) is 18.6 Å². The standard InChI is InChI=1S/C14H16N2O/c1-17-12-7-5-11(6-8-12)13(10-15)14-4-2-3-9-16-14/h2-9,13H,10,15H2,1H3. The molecule has 1 heterocycles. The van der Waals surface area contributed by atoms with Crippen molar-refractivity contribution in [2.75, 3.05) is 13.7 Å². The molecule has 17 heavy (non-hydrogen) atoms. The van der Waals surface area contributed by atoms with Crippen LogP contribution >= 0.6 is 0 Å². The molecule has 88 valence electrons. The van der Waals surface area contributed by atoms with E-state index in [2.05, 4.69) is 4.98 Å². The van der Waals surface area contributed by atoms with Gasteiger partial charge in [-0.15, -0.1) is 0 Å². The quantitative estimate of drug-likeness (QED) is 0.872. The first kappa shape index (κ1) is 11.6. The highest BCUT2D eigenvalue weighted by Crippen LogP contribution is 2.23. The Kier molecular flexibility index (Phi) is 3.73. The highest BCUT2D eigenvalue weighted by molar-refractivity contribution is 5.33. The van der Waals surface area contributed by atoms with Crippen molar-refractivity contribution < 1.29 is 4.74 Å². The maximum Gasteiger partial charge on any atom is 0.118 e. The molecule has 3 heteroatoms. The van der Waals surface area contributed by atoms with Crippen molar-refractivity contribution in [3.05, 3.63) is 59.9 Å². The predicted octanol–water partition coefficient (Wildman–Crippen LogP) is 2.18. The van der Waals surface area contributed by atoms with E-state index in [1.165, 1.54) is 0 Å². The number of nitrogens with zero attached hydrogens (tertiary/aromatic N) is 1. The van der Waals surface area contributed by atoms with Crippen LogP contribution in [0.4, 0.5) is 0 Å². The maximum absolute atomic E-state index is 5.84. The van der Waals surface area contributed by atoms with E-state index >= 15 is 0 Å². The summed E-state index contributed by atoms with van der Waals surface area (Å²) in [7, 11) is 1.66. The number of rotatable bonds is 4. The normalized spacial score (nSPS) is 12.1. The van der Waals surface area contributed by atoms with Crippen LogP contribution in [0.3, 0.4) is 0 Å². The Morgan fingerprint density at radius 1 is 1.18 bits per heavy atom. The summed E-state index contributed by atoms with van der Waals surface area (Å²) in [5, 5.41) is 0. The summed E-state index contributed by atoms with van der Waals surface area (Å²) in [6.07, 6.45) is 1.79. The van der Waals surface area contributed by atoms with Gasteiger partial charge in [0.1, 0.15) is 5.75 Å². The second kappa shape index (κ2) is 5.46. The summed E-state index contributed by atoms with van der Waals surface area (Å²) in [6.45, 7) is 0.545. The van der Waals surface area contributed by atoms with Gasteiger partial charge >= 0.3 is 0 Å². The summed E-state index contributed by atoms with van der Waals surface area (Å²) in [5.74, 6) is 0.993. The maximum atomic E-state index is 5.84. The van der Waals surface area contributed by atoms with Crippen LogP contribution < -0.4 is 10.5 Å². The lowest BCUT2D eigenvalue weighted by molar-refractivity contribution is 0.414. The van der Waals surface area contributed by atoms with Gasteiger partial charge in [0, 0.05) is 24.4 Å². The van der Waals surface area contributed by atoms with E-state index < -0.39 is 0 Å². The molecule has 1 atom stereocenters. The fourth-order valence-corrected chi connectivity index (χ4v) is 1.85. The molecular formula is C14H16N2O. The molecule has 0 bridgehead atoms. The monoisotopic (exact) mass is 228 g/mol. The van der Waals surface area contributed by atoms with Crippen LogP contribution in [0.15, 0.2) is 48.7 Å². The van der Waals surface area contributed by atoms with Gasteiger partial charge in [-0.3, -0.25) is 4.98 Å². The van der Waals surface area contributed by atoms with E-state index in [0.717, 1.165) is 17.0 Å². The molecule has 0 aliphatic rings. The third-order valence-corrected chi connectivity index (χ3v) is 2.80. The highest BCUT2D eigenvalue weighted by Gasteiger charge is 2.13. The van der Waals surface area contributed by atoms with Gasteiger partial charge in [0.15, 0.2) is 0 Å². The van der Waals surface area contributed by atoms with Crippen molar-refractivity contribution in [3.63, 3.8) is 0 Å². The predicted molar refractivity (Wildman–Crippen MR) is 68.1 cm³/mol. The van der Waals surface area contributed by atoms with E-state index in [0.29, 0.717) is 6.54 Å². The first-order chi connectivity index (χ1) is 8.35. The number of pyridine rings is 1. The molecule has 1 unspecified atom stereocenters. The molecular weight excluding hydrogens is 212 g/mol. The Morgan fingerprint density at radius 2 is 1.94 bits per heavy atom. The molecule has 0 aliphatic carbocycles. The van der Waals surface area contributed by atoms with Gasteiger partial charge in [0.2, 0.25) is 0 Å². The minimum absolute atomic E-state index is 0.141. The van der Waals surface area contributed by atoms with Crippen molar-refractivity contribution in [1.29, 1.82) is 0 Å². The summed E-state index contributed by atoms with van der Waals surface area (Å²) in [6, 6.07) is 13.8. The Morgan fingerprint density at radius 3 is 2.47 bits per heavy atom. The average molecular weight is 228 g/mol. The third kappa shape index (κ3) is 2.63. The lowest BCUT2D eigenvalue weighted by Crippen LogP contribution is -2.14.